The Labute approximate surface area is 119 Å². The molecule has 4 heteroatoms. The lowest BCUT2D eigenvalue weighted by atomic mass is 10.1. The van der Waals surface area contributed by atoms with Crippen molar-refractivity contribution < 1.29 is 14.6 Å². The van der Waals surface area contributed by atoms with Gasteiger partial charge < -0.3 is 15.2 Å². The summed E-state index contributed by atoms with van der Waals surface area (Å²) in [7, 11) is 0. The number of aliphatic hydroxyl groups is 1. The number of hydrogen-bond acceptors (Lipinski definition) is 3. The number of rotatable bonds is 7. The summed E-state index contributed by atoms with van der Waals surface area (Å²) in [4.78, 5) is 11.7. The van der Waals surface area contributed by atoms with Crippen LogP contribution in [0, 0.1) is 5.92 Å². The SMILES string of the molecule is O=C(CCOCc1ccccc1)N[C@@H]1C=C[C@H](CO)C1. The summed E-state index contributed by atoms with van der Waals surface area (Å²) in [5, 5.41) is 11.9. The third kappa shape index (κ3) is 4.79. The van der Waals surface area contributed by atoms with Gasteiger partial charge in [-0.05, 0) is 12.0 Å². The number of amides is 1. The Bertz CT molecular complexity index is 444. The predicted octanol–water partition coefficient (Wildman–Crippen LogP) is 1.65. The Morgan fingerprint density at radius 2 is 2.10 bits per heavy atom. The second kappa shape index (κ2) is 7.82. The fourth-order valence-electron chi connectivity index (χ4n) is 2.23. The van der Waals surface area contributed by atoms with Crippen LogP contribution in [-0.4, -0.2) is 30.3 Å². The lowest BCUT2D eigenvalue weighted by molar-refractivity contribution is -0.122. The molecule has 0 spiro atoms. The van der Waals surface area contributed by atoms with Crippen molar-refractivity contribution in [3.05, 3.63) is 48.0 Å². The minimum Gasteiger partial charge on any atom is -0.396 e. The van der Waals surface area contributed by atoms with Gasteiger partial charge in [-0.25, -0.2) is 0 Å². The zero-order chi connectivity index (χ0) is 14.2. The predicted molar refractivity (Wildman–Crippen MR) is 77.0 cm³/mol. The maximum atomic E-state index is 11.7. The van der Waals surface area contributed by atoms with Gasteiger partial charge in [-0.3, -0.25) is 4.79 Å². The van der Waals surface area contributed by atoms with E-state index in [-0.39, 0.29) is 24.5 Å². The highest BCUT2D eigenvalue weighted by molar-refractivity contribution is 5.76. The van der Waals surface area contributed by atoms with Crippen LogP contribution in [0.25, 0.3) is 0 Å². The van der Waals surface area contributed by atoms with Crippen LogP contribution < -0.4 is 5.32 Å². The van der Waals surface area contributed by atoms with Gasteiger partial charge >= 0.3 is 0 Å². The average Bonchev–Trinajstić information content (AvgIpc) is 2.92. The normalized spacial score (nSPS) is 21.1. The van der Waals surface area contributed by atoms with Crippen LogP contribution in [0.5, 0.6) is 0 Å². The molecule has 0 bridgehead atoms. The number of nitrogens with one attached hydrogen (secondary N) is 1. The van der Waals surface area contributed by atoms with E-state index in [0.717, 1.165) is 12.0 Å². The van der Waals surface area contributed by atoms with Gasteiger partial charge in [0, 0.05) is 25.0 Å². The minimum atomic E-state index is -0.00805. The van der Waals surface area contributed by atoms with E-state index in [1.165, 1.54) is 0 Å². The molecule has 1 aliphatic rings. The molecular weight excluding hydrogens is 254 g/mol. The van der Waals surface area contributed by atoms with Gasteiger partial charge in [0.25, 0.3) is 0 Å². The van der Waals surface area contributed by atoms with Crippen LogP contribution in [0.1, 0.15) is 18.4 Å². The van der Waals surface area contributed by atoms with Crippen LogP contribution in [0.15, 0.2) is 42.5 Å². The molecule has 0 radical (unpaired) electrons. The van der Waals surface area contributed by atoms with Crippen LogP contribution in [0.3, 0.4) is 0 Å². The highest BCUT2D eigenvalue weighted by Crippen LogP contribution is 2.16. The average molecular weight is 275 g/mol. The number of carbonyl (C=O) groups excluding carboxylic acids is 1. The van der Waals surface area contributed by atoms with Gasteiger partial charge in [-0.1, -0.05) is 42.5 Å². The smallest absolute Gasteiger partial charge is 0.222 e. The first-order valence-corrected chi connectivity index (χ1v) is 6.98. The van der Waals surface area contributed by atoms with Crippen molar-refractivity contribution in [2.24, 2.45) is 5.92 Å². The molecule has 0 aliphatic heterocycles. The molecule has 0 aromatic heterocycles. The highest BCUT2D eigenvalue weighted by Gasteiger charge is 2.19. The molecule has 1 aliphatic carbocycles. The van der Waals surface area contributed by atoms with E-state index in [2.05, 4.69) is 5.32 Å². The first-order valence-electron chi connectivity index (χ1n) is 6.98. The van der Waals surface area contributed by atoms with Crippen molar-refractivity contribution in [1.29, 1.82) is 0 Å². The molecule has 1 aromatic rings. The van der Waals surface area contributed by atoms with E-state index in [0.29, 0.717) is 19.6 Å². The number of hydrogen-bond donors (Lipinski definition) is 2. The van der Waals surface area contributed by atoms with Crippen LogP contribution in [-0.2, 0) is 16.1 Å². The summed E-state index contributed by atoms with van der Waals surface area (Å²) in [5.74, 6) is 0.168. The monoisotopic (exact) mass is 275 g/mol. The molecule has 1 aromatic carbocycles. The molecule has 2 atom stereocenters. The molecule has 0 unspecified atom stereocenters. The van der Waals surface area contributed by atoms with Gasteiger partial charge in [-0.15, -0.1) is 0 Å². The molecule has 4 nitrogen and oxygen atoms in total. The summed E-state index contributed by atoms with van der Waals surface area (Å²) in [6.45, 7) is 1.09. The summed E-state index contributed by atoms with van der Waals surface area (Å²) in [6.07, 6.45) is 5.05. The van der Waals surface area contributed by atoms with Crippen LogP contribution in [0.2, 0.25) is 0 Å². The Morgan fingerprint density at radius 3 is 2.80 bits per heavy atom. The van der Waals surface area contributed by atoms with Crippen molar-refractivity contribution in [3.63, 3.8) is 0 Å². The Morgan fingerprint density at radius 1 is 1.30 bits per heavy atom. The third-order valence-corrected chi connectivity index (χ3v) is 3.34. The molecule has 0 saturated heterocycles. The fraction of sp³-hybridized carbons (Fsp3) is 0.438. The molecule has 2 rings (SSSR count). The Hall–Kier alpha value is -1.65. The number of carbonyl (C=O) groups is 1. The van der Waals surface area contributed by atoms with Gasteiger partial charge in [0.1, 0.15) is 0 Å². The van der Waals surface area contributed by atoms with Gasteiger partial charge in [0.05, 0.1) is 13.2 Å². The first-order chi connectivity index (χ1) is 9.78. The van der Waals surface area contributed by atoms with Crippen LogP contribution in [0.4, 0.5) is 0 Å². The number of benzene rings is 1. The van der Waals surface area contributed by atoms with Crippen molar-refractivity contribution in [2.75, 3.05) is 13.2 Å². The summed E-state index contributed by atoms with van der Waals surface area (Å²) >= 11 is 0. The van der Waals surface area contributed by atoms with Gasteiger partial charge in [0.2, 0.25) is 5.91 Å². The second-order valence-electron chi connectivity index (χ2n) is 5.03. The number of ether oxygens (including phenoxy) is 1. The van der Waals surface area contributed by atoms with E-state index in [1.807, 2.05) is 42.5 Å². The fourth-order valence-corrected chi connectivity index (χ4v) is 2.23. The lowest BCUT2D eigenvalue weighted by Crippen LogP contribution is -2.33. The topological polar surface area (TPSA) is 58.6 Å². The van der Waals surface area contributed by atoms with E-state index in [9.17, 15) is 4.79 Å². The van der Waals surface area contributed by atoms with Crippen LogP contribution >= 0.6 is 0 Å². The Kier molecular flexibility index (Phi) is 5.77. The number of aliphatic hydroxyl groups excluding tert-OH is 1. The van der Waals surface area contributed by atoms with Crippen molar-refractivity contribution in [3.8, 4) is 0 Å². The Balaban J connectivity index is 1.58. The van der Waals surface area contributed by atoms with E-state index in [1.54, 1.807) is 0 Å². The maximum absolute atomic E-state index is 11.7. The molecule has 2 N–H and O–H groups in total. The third-order valence-electron chi connectivity index (χ3n) is 3.34. The summed E-state index contributed by atoms with van der Waals surface area (Å²) in [5.41, 5.74) is 1.11. The lowest BCUT2D eigenvalue weighted by Gasteiger charge is -2.12. The molecule has 20 heavy (non-hydrogen) atoms. The summed E-state index contributed by atoms with van der Waals surface area (Å²) in [6, 6.07) is 9.95. The standard InChI is InChI=1S/C16H21NO3/c18-11-14-6-7-15(10-14)17-16(19)8-9-20-12-13-4-2-1-3-5-13/h1-7,14-15,18H,8-12H2,(H,17,19)/t14-,15+/m0/s1. The molecule has 1 amide bonds. The zero-order valence-electron chi connectivity index (χ0n) is 11.5. The molecule has 0 saturated carbocycles. The van der Waals surface area contributed by atoms with Gasteiger partial charge in [-0.2, -0.15) is 0 Å². The quantitative estimate of drug-likeness (QED) is 0.587. The van der Waals surface area contributed by atoms with Crippen molar-refractivity contribution >= 4 is 5.91 Å². The summed E-state index contributed by atoms with van der Waals surface area (Å²) < 4.78 is 5.48. The maximum Gasteiger partial charge on any atom is 0.222 e. The van der Waals surface area contributed by atoms with Gasteiger partial charge in [0.15, 0.2) is 0 Å². The largest absolute Gasteiger partial charge is 0.396 e. The highest BCUT2D eigenvalue weighted by atomic mass is 16.5. The van der Waals surface area contributed by atoms with Crippen molar-refractivity contribution in [1.82, 2.24) is 5.32 Å². The second-order valence-corrected chi connectivity index (χ2v) is 5.03. The van der Waals surface area contributed by atoms with E-state index >= 15 is 0 Å². The minimum absolute atomic E-state index is 0.00805. The zero-order valence-corrected chi connectivity index (χ0v) is 11.5. The molecular formula is C16H21NO3. The molecule has 108 valence electrons. The van der Waals surface area contributed by atoms with Crippen molar-refractivity contribution in [2.45, 2.75) is 25.5 Å². The molecule has 0 fully saturated rings. The molecule has 0 heterocycles. The van der Waals surface area contributed by atoms with E-state index in [4.69, 9.17) is 9.84 Å². The van der Waals surface area contributed by atoms with E-state index < -0.39 is 0 Å². The first kappa shape index (κ1) is 14.8.